The van der Waals surface area contributed by atoms with Crippen molar-refractivity contribution < 1.29 is 4.79 Å². The monoisotopic (exact) mass is 325 g/mol. The minimum atomic E-state index is -0.497. The van der Waals surface area contributed by atoms with Crippen LogP contribution in [-0.4, -0.2) is 10.9 Å². The Morgan fingerprint density at radius 1 is 1.09 bits per heavy atom. The van der Waals surface area contributed by atoms with Crippen molar-refractivity contribution >= 4 is 40.4 Å². The normalized spacial score (nSPS) is 12.2. The topological polar surface area (TPSA) is 68.0 Å². The van der Waals surface area contributed by atoms with E-state index >= 15 is 0 Å². The Balaban J connectivity index is 1.72. The van der Waals surface area contributed by atoms with Gasteiger partial charge in [0.2, 0.25) is 0 Å². The maximum absolute atomic E-state index is 11.2. The molecule has 0 unspecified atom stereocenters. The molecule has 0 aliphatic carbocycles. The van der Waals surface area contributed by atoms with Crippen LogP contribution in [0.1, 0.15) is 10.5 Å². The quantitative estimate of drug-likeness (QED) is 0.582. The average molecular weight is 325 g/mol. The lowest BCUT2D eigenvalue weighted by atomic mass is 10.2. The third kappa shape index (κ3) is 2.26. The molecule has 0 fully saturated rings. The molecular weight excluding hydrogens is 314 g/mol. The predicted octanol–water partition coefficient (Wildman–Crippen LogP) is 4.12. The number of benzene rings is 2. The van der Waals surface area contributed by atoms with Crippen LogP contribution in [0.4, 0.5) is 11.4 Å². The summed E-state index contributed by atoms with van der Waals surface area (Å²) in [6, 6.07) is 14.4. The first-order valence-electron chi connectivity index (χ1n) is 6.64. The molecule has 3 N–H and O–H groups in total. The highest BCUT2D eigenvalue weighted by molar-refractivity contribution is 7.99. The van der Waals surface area contributed by atoms with E-state index in [1.165, 1.54) is 21.1 Å². The Labute approximate surface area is 135 Å². The Bertz CT molecular complexity index is 889. The van der Waals surface area contributed by atoms with Gasteiger partial charge in [0.15, 0.2) is 0 Å². The second-order valence-corrected chi connectivity index (χ2v) is 6.78. The van der Waals surface area contributed by atoms with Crippen LogP contribution in [0.5, 0.6) is 0 Å². The molecule has 0 atom stereocenters. The Kier molecular flexibility index (Phi) is 3.13. The summed E-state index contributed by atoms with van der Waals surface area (Å²) in [5, 5.41) is 5.93. The van der Waals surface area contributed by atoms with Crippen molar-refractivity contribution in [3.05, 3.63) is 53.5 Å². The van der Waals surface area contributed by atoms with E-state index < -0.39 is 5.91 Å². The highest BCUT2D eigenvalue weighted by Crippen LogP contribution is 2.45. The number of thiazole rings is 1. The van der Waals surface area contributed by atoms with Crippen LogP contribution in [0, 0.1) is 0 Å². The van der Waals surface area contributed by atoms with Gasteiger partial charge in [0.05, 0.1) is 11.4 Å². The number of anilines is 2. The van der Waals surface area contributed by atoms with Gasteiger partial charge in [0.1, 0.15) is 10.7 Å². The molecule has 3 aromatic rings. The van der Waals surface area contributed by atoms with Gasteiger partial charge in [-0.1, -0.05) is 30.0 Å². The highest BCUT2D eigenvalue weighted by atomic mass is 32.2. The van der Waals surface area contributed by atoms with Crippen molar-refractivity contribution in [2.45, 2.75) is 9.79 Å². The first-order chi connectivity index (χ1) is 10.7. The summed E-state index contributed by atoms with van der Waals surface area (Å²) in [4.78, 5) is 17.8. The molecule has 0 bridgehead atoms. The first kappa shape index (κ1) is 13.4. The minimum Gasteiger partial charge on any atom is -0.364 e. The number of rotatable bonds is 2. The SMILES string of the molecule is NC(=O)c1csc(-c2ccc3c(c2)Nc2ccccc2S3)n1. The maximum atomic E-state index is 11.2. The van der Waals surface area contributed by atoms with Crippen molar-refractivity contribution in [2.75, 3.05) is 5.32 Å². The highest BCUT2D eigenvalue weighted by Gasteiger charge is 2.17. The zero-order valence-corrected chi connectivity index (χ0v) is 13.0. The summed E-state index contributed by atoms with van der Waals surface area (Å²) < 4.78 is 0. The van der Waals surface area contributed by atoms with E-state index in [2.05, 4.69) is 34.6 Å². The van der Waals surface area contributed by atoms with Crippen LogP contribution in [0.15, 0.2) is 57.6 Å². The van der Waals surface area contributed by atoms with Gasteiger partial charge >= 0.3 is 0 Å². The first-order valence-corrected chi connectivity index (χ1v) is 8.34. The van der Waals surface area contributed by atoms with Crippen LogP contribution in [0.3, 0.4) is 0 Å². The van der Waals surface area contributed by atoms with Crippen LogP contribution in [0.25, 0.3) is 10.6 Å². The summed E-state index contributed by atoms with van der Waals surface area (Å²) in [5.41, 5.74) is 8.70. The van der Waals surface area contributed by atoms with Crippen molar-refractivity contribution in [3.8, 4) is 10.6 Å². The second-order valence-electron chi connectivity index (χ2n) is 4.84. The van der Waals surface area contributed by atoms with Gasteiger partial charge in [0, 0.05) is 20.7 Å². The number of primary amides is 1. The molecule has 108 valence electrons. The molecule has 4 nitrogen and oxygen atoms in total. The number of aromatic nitrogens is 1. The van der Waals surface area contributed by atoms with Crippen LogP contribution in [0.2, 0.25) is 0 Å². The van der Waals surface area contributed by atoms with Gasteiger partial charge in [-0.2, -0.15) is 0 Å². The maximum Gasteiger partial charge on any atom is 0.268 e. The molecule has 1 aliphatic heterocycles. The number of carbonyl (C=O) groups is 1. The fourth-order valence-electron chi connectivity index (χ4n) is 2.29. The average Bonchev–Trinajstić information content (AvgIpc) is 3.02. The van der Waals surface area contributed by atoms with E-state index in [9.17, 15) is 4.79 Å². The molecule has 2 aromatic carbocycles. The summed E-state index contributed by atoms with van der Waals surface area (Å²) in [6.07, 6.45) is 0. The van der Waals surface area contributed by atoms with Crippen molar-refractivity contribution in [2.24, 2.45) is 5.73 Å². The molecule has 0 radical (unpaired) electrons. The van der Waals surface area contributed by atoms with Crippen LogP contribution < -0.4 is 11.1 Å². The van der Waals surface area contributed by atoms with Gasteiger partial charge in [-0.05, 0) is 24.3 Å². The van der Waals surface area contributed by atoms with E-state index in [4.69, 9.17) is 5.73 Å². The van der Waals surface area contributed by atoms with Crippen molar-refractivity contribution in [3.63, 3.8) is 0 Å². The number of hydrogen-bond donors (Lipinski definition) is 2. The summed E-state index contributed by atoms with van der Waals surface area (Å²) in [6.45, 7) is 0. The van der Waals surface area contributed by atoms with E-state index in [0.29, 0.717) is 5.69 Å². The van der Waals surface area contributed by atoms with Crippen LogP contribution in [-0.2, 0) is 0 Å². The fourth-order valence-corrected chi connectivity index (χ4v) is 4.07. The Morgan fingerprint density at radius 3 is 2.73 bits per heavy atom. The lowest BCUT2D eigenvalue weighted by Gasteiger charge is -2.21. The van der Waals surface area contributed by atoms with Gasteiger partial charge in [-0.15, -0.1) is 11.3 Å². The number of nitrogens with zero attached hydrogens (tertiary/aromatic N) is 1. The largest absolute Gasteiger partial charge is 0.364 e. The summed E-state index contributed by atoms with van der Waals surface area (Å²) >= 11 is 3.16. The number of carbonyl (C=O) groups excluding carboxylic acids is 1. The molecule has 1 aromatic heterocycles. The molecule has 4 rings (SSSR count). The van der Waals surface area contributed by atoms with E-state index in [1.54, 1.807) is 17.1 Å². The molecular formula is C16H11N3OS2. The molecule has 1 aliphatic rings. The van der Waals surface area contributed by atoms with E-state index in [0.717, 1.165) is 21.9 Å². The Morgan fingerprint density at radius 2 is 1.91 bits per heavy atom. The summed E-state index contributed by atoms with van der Waals surface area (Å²) in [7, 11) is 0. The third-order valence-corrected chi connectivity index (χ3v) is 5.40. The molecule has 1 amide bonds. The summed E-state index contributed by atoms with van der Waals surface area (Å²) in [5.74, 6) is -0.497. The molecule has 6 heteroatoms. The van der Waals surface area contributed by atoms with Crippen molar-refractivity contribution in [1.82, 2.24) is 4.98 Å². The number of para-hydroxylation sites is 1. The number of nitrogens with two attached hydrogens (primary N) is 1. The smallest absolute Gasteiger partial charge is 0.268 e. The third-order valence-electron chi connectivity index (χ3n) is 3.36. The molecule has 0 saturated heterocycles. The zero-order chi connectivity index (χ0) is 15.1. The predicted molar refractivity (Wildman–Crippen MR) is 89.9 cm³/mol. The molecule has 0 spiro atoms. The van der Waals surface area contributed by atoms with Gasteiger partial charge in [-0.25, -0.2) is 4.98 Å². The van der Waals surface area contributed by atoms with E-state index in [1.807, 2.05) is 18.2 Å². The zero-order valence-electron chi connectivity index (χ0n) is 11.4. The van der Waals surface area contributed by atoms with Gasteiger partial charge < -0.3 is 11.1 Å². The Hall–Kier alpha value is -2.31. The minimum absolute atomic E-state index is 0.311. The van der Waals surface area contributed by atoms with E-state index in [-0.39, 0.29) is 0 Å². The van der Waals surface area contributed by atoms with Gasteiger partial charge in [-0.3, -0.25) is 4.79 Å². The molecule has 0 saturated carbocycles. The standard InChI is InChI=1S/C16H11N3OS2/c17-15(20)12-8-21-16(19-12)9-5-6-14-11(7-9)18-10-3-1-2-4-13(10)22-14/h1-8,18H,(H2,17,20). The van der Waals surface area contributed by atoms with Crippen molar-refractivity contribution in [1.29, 1.82) is 0 Å². The second kappa shape index (κ2) is 5.15. The number of hydrogen-bond acceptors (Lipinski definition) is 5. The molecule has 22 heavy (non-hydrogen) atoms. The van der Waals surface area contributed by atoms with Gasteiger partial charge in [0.25, 0.3) is 5.91 Å². The number of fused-ring (bicyclic) bond motifs is 2. The number of nitrogens with one attached hydrogen (secondary N) is 1. The fraction of sp³-hybridized carbons (Fsp3) is 0. The van der Waals surface area contributed by atoms with Crippen LogP contribution >= 0.6 is 23.1 Å². The lowest BCUT2D eigenvalue weighted by molar-refractivity contribution is 0.0996. The lowest BCUT2D eigenvalue weighted by Crippen LogP contribution is -2.10. The molecule has 2 heterocycles. The number of amides is 1.